The van der Waals surface area contributed by atoms with E-state index in [1.165, 1.54) is 6.07 Å². The van der Waals surface area contributed by atoms with E-state index in [9.17, 15) is 13.2 Å². The molecule has 6 heteroatoms. The number of halogens is 4. The Labute approximate surface area is 118 Å². The summed E-state index contributed by atoms with van der Waals surface area (Å²) in [5.41, 5.74) is -0.210. The van der Waals surface area contributed by atoms with Gasteiger partial charge in [-0.3, -0.25) is 0 Å². The van der Waals surface area contributed by atoms with E-state index in [-0.39, 0.29) is 12.5 Å². The summed E-state index contributed by atoms with van der Waals surface area (Å²) < 4.78 is 48.9. The Morgan fingerprint density at radius 3 is 2.58 bits per heavy atom. The zero-order chi connectivity index (χ0) is 13.9. The van der Waals surface area contributed by atoms with Crippen LogP contribution in [0.5, 0.6) is 5.75 Å². The molecule has 2 rings (SSSR count). The van der Waals surface area contributed by atoms with Crippen LogP contribution in [-0.2, 0) is 16.2 Å². The Morgan fingerprint density at radius 1 is 1.26 bits per heavy atom. The molecule has 0 N–H and O–H groups in total. The van der Waals surface area contributed by atoms with Crippen molar-refractivity contribution in [2.24, 2.45) is 5.92 Å². The molecule has 0 saturated heterocycles. The van der Waals surface area contributed by atoms with Crippen molar-refractivity contribution in [2.75, 3.05) is 13.4 Å². The molecule has 0 atom stereocenters. The molecule has 0 amide bonds. The van der Waals surface area contributed by atoms with Gasteiger partial charge in [0.05, 0.1) is 12.2 Å². The lowest BCUT2D eigenvalue weighted by molar-refractivity contribution is -0.139. The highest BCUT2D eigenvalue weighted by molar-refractivity contribution is 9.08. The van der Waals surface area contributed by atoms with Crippen molar-refractivity contribution < 1.29 is 22.6 Å². The highest BCUT2D eigenvalue weighted by atomic mass is 79.9. The second kappa shape index (κ2) is 6.13. The zero-order valence-electron chi connectivity index (χ0n) is 10.2. The maximum absolute atomic E-state index is 12.9. The molecule has 0 radical (unpaired) electrons. The molecule has 1 aliphatic rings. The van der Waals surface area contributed by atoms with Crippen LogP contribution in [0.4, 0.5) is 13.2 Å². The lowest BCUT2D eigenvalue weighted by Gasteiger charge is -2.15. The molecular weight excluding hydrogens is 325 g/mol. The monoisotopic (exact) mass is 338 g/mol. The average molecular weight is 339 g/mol. The molecule has 0 bridgehead atoms. The third-order valence-corrected chi connectivity index (χ3v) is 3.50. The van der Waals surface area contributed by atoms with Crippen LogP contribution in [-0.4, -0.2) is 13.4 Å². The van der Waals surface area contributed by atoms with E-state index in [1.54, 1.807) is 6.07 Å². The van der Waals surface area contributed by atoms with Gasteiger partial charge in [0.2, 0.25) is 0 Å². The molecular formula is C13H14BrF3O2. The van der Waals surface area contributed by atoms with Crippen LogP contribution in [0.1, 0.15) is 24.0 Å². The fourth-order valence-corrected chi connectivity index (χ4v) is 1.96. The molecule has 0 spiro atoms. The van der Waals surface area contributed by atoms with Gasteiger partial charge in [-0.05, 0) is 36.5 Å². The lowest BCUT2D eigenvalue weighted by Crippen LogP contribution is -2.12. The van der Waals surface area contributed by atoms with Crippen molar-refractivity contribution in [3.63, 3.8) is 0 Å². The van der Waals surface area contributed by atoms with Gasteiger partial charge in [0.15, 0.2) is 6.79 Å². The van der Waals surface area contributed by atoms with Crippen LogP contribution in [0.3, 0.4) is 0 Å². The number of hydrogen-bond acceptors (Lipinski definition) is 2. The van der Waals surface area contributed by atoms with Crippen LogP contribution < -0.4 is 4.74 Å². The summed E-state index contributed by atoms with van der Waals surface area (Å²) in [6.07, 6.45) is -2.16. The van der Waals surface area contributed by atoms with E-state index >= 15 is 0 Å². The molecule has 19 heavy (non-hydrogen) atoms. The number of benzene rings is 1. The minimum absolute atomic E-state index is 0.146. The normalized spacial score (nSPS) is 15.6. The fraction of sp³-hybridized carbons (Fsp3) is 0.538. The number of hydrogen-bond donors (Lipinski definition) is 0. The minimum atomic E-state index is -4.43. The smallest absolute Gasteiger partial charge is 0.419 e. The van der Waals surface area contributed by atoms with Gasteiger partial charge in [0.1, 0.15) is 5.75 Å². The molecule has 0 aliphatic heterocycles. The maximum Gasteiger partial charge on any atom is 0.419 e. The third kappa shape index (κ3) is 4.38. The molecule has 1 saturated carbocycles. The molecule has 1 fully saturated rings. The summed E-state index contributed by atoms with van der Waals surface area (Å²) in [6.45, 7) is 0.411. The van der Waals surface area contributed by atoms with Crippen molar-refractivity contribution in [1.29, 1.82) is 0 Å². The Kier molecular flexibility index (Phi) is 4.73. The molecule has 0 heterocycles. The SMILES string of the molecule is FC(F)(F)c1cc(CBr)ccc1OCOCC1CC1. The second-order valence-electron chi connectivity index (χ2n) is 4.54. The minimum Gasteiger partial charge on any atom is -0.467 e. The van der Waals surface area contributed by atoms with E-state index in [1.807, 2.05) is 0 Å². The predicted molar refractivity (Wildman–Crippen MR) is 68.2 cm³/mol. The Hall–Kier alpha value is -0.750. The van der Waals surface area contributed by atoms with Gasteiger partial charge >= 0.3 is 6.18 Å². The van der Waals surface area contributed by atoms with E-state index < -0.39 is 11.7 Å². The van der Waals surface area contributed by atoms with Gasteiger partial charge in [0, 0.05) is 5.33 Å². The topological polar surface area (TPSA) is 18.5 Å². The molecule has 1 aromatic carbocycles. The molecule has 0 aromatic heterocycles. The van der Waals surface area contributed by atoms with Gasteiger partial charge in [-0.2, -0.15) is 13.2 Å². The molecule has 0 unspecified atom stereocenters. The number of rotatable bonds is 6. The summed E-state index contributed by atoms with van der Waals surface area (Å²) >= 11 is 3.14. The van der Waals surface area contributed by atoms with Crippen LogP contribution in [0.25, 0.3) is 0 Å². The zero-order valence-corrected chi connectivity index (χ0v) is 11.8. The van der Waals surface area contributed by atoms with E-state index in [0.29, 0.717) is 23.4 Å². The Morgan fingerprint density at radius 2 is 2.00 bits per heavy atom. The molecule has 1 aromatic rings. The average Bonchev–Trinajstić information content (AvgIpc) is 3.17. The van der Waals surface area contributed by atoms with E-state index in [4.69, 9.17) is 9.47 Å². The van der Waals surface area contributed by atoms with E-state index in [2.05, 4.69) is 15.9 Å². The third-order valence-electron chi connectivity index (χ3n) is 2.85. The van der Waals surface area contributed by atoms with Gasteiger partial charge < -0.3 is 9.47 Å². The van der Waals surface area contributed by atoms with E-state index in [0.717, 1.165) is 18.9 Å². The summed E-state index contributed by atoms with van der Waals surface area (Å²) in [4.78, 5) is 0. The van der Waals surface area contributed by atoms with Crippen molar-refractivity contribution in [3.8, 4) is 5.75 Å². The first-order chi connectivity index (χ1) is 9.00. The van der Waals surface area contributed by atoms with Crippen LogP contribution in [0, 0.1) is 5.92 Å². The number of ether oxygens (including phenoxy) is 2. The van der Waals surface area contributed by atoms with Gasteiger partial charge in [-0.1, -0.05) is 22.0 Å². The highest BCUT2D eigenvalue weighted by Gasteiger charge is 2.34. The summed E-state index contributed by atoms with van der Waals surface area (Å²) in [6, 6.07) is 4.02. The van der Waals surface area contributed by atoms with Gasteiger partial charge in [0.25, 0.3) is 0 Å². The summed E-state index contributed by atoms with van der Waals surface area (Å²) in [7, 11) is 0. The quantitative estimate of drug-likeness (QED) is 0.435. The first kappa shape index (κ1) is 14.7. The van der Waals surface area contributed by atoms with Crippen LogP contribution in [0.15, 0.2) is 18.2 Å². The second-order valence-corrected chi connectivity index (χ2v) is 5.10. The van der Waals surface area contributed by atoms with Gasteiger partial charge in [-0.15, -0.1) is 0 Å². The van der Waals surface area contributed by atoms with Crippen molar-refractivity contribution >= 4 is 15.9 Å². The van der Waals surface area contributed by atoms with Crippen molar-refractivity contribution in [3.05, 3.63) is 29.3 Å². The Balaban J connectivity index is 2.00. The first-order valence-electron chi connectivity index (χ1n) is 5.97. The standard InChI is InChI=1S/C13H14BrF3O2/c14-6-10-3-4-12(11(5-10)13(15,16)17)19-8-18-7-9-1-2-9/h3-5,9H,1-2,6-8H2. The van der Waals surface area contributed by atoms with Crippen molar-refractivity contribution in [2.45, 2.75) is 24.3 Å². The lowest BCUT2D eigenvalue weighted by atomic mass is 10.1. The predicted octanol–water partition coefficient (Wildman–Crippen LogP) is 4.36. The Bertz CT molecular complexity index is 430. The summed E-state index contributed by atoms with van der Waals surface area (Å²) in [5.74, 6) is 0.370. The molecule has 1 aliphatic carbocycles. The maximum atomic E-state index is 12.9. The molecule has 2 nitrogen and oxygen atoms in total. The van der Waals surface area contributed by atoms with Crippen molar-refractivity contribution in [1.82, 2.24) is 0 Å². The largest absolute Gasteiger partial charge is 0.467 e. The van der Waals surface area contributed by atoms with Crippen LogP contribution in [0.2, 0.25) is 0 Å². The van der Waals surface area contributed by atoms with Crippen LogP contribution >= 0.6 is 15.9 Å². The highest BCUT2D eigenvalue weighted by Crippen LogP contribution is 2.37. The molecule has 106 valence electrons. The summed E-state index contributed by atoms with van der Waals surface area (Å²) in [5, 5.41) is 0.370. The first-order valence-corrected chi connectivity index (χ1v) is 7.09. The fourth-order valence-electron chi connectivity index (χ4n) is 1.61. The number of alkyl halides is 4. The van der Waals surface area contributed by atoms with Gasteiger partial charge in [-0.25, -0.2) is 0 Å².